The molecule has 0 bridgehead atoms. The number of rotatable bonds is 10. The van der Waals surface area contributed by atoms with E-state index in [0.29, 0.717) is 29.5 Å². The highest BCUT2D eigenvalue weighted by Crippen LogP contribution is 2.60. The Hall–Kier alpha value is -20.4. The van der Waals surface area contributed by atoms with Crippen molar-refractivity contribution >= 4 is 163 Å². The van der Waals surface area contributed by atoms with Gasteiger partial charge in [-0.15, -0.1) is 0 Å². The molecule has 0 amide bonds. The highest BCUT2D eigenvalue weighted by molar-refractivity contribution is 6.45. The van der Waals surface area contributed by atoms with E-state index in [2.05, 4.69) is 464 Å². The van der Waals surface area contributed by atoms with E-state index < -0.39 is 0 Å². The summed E-state index contributed by atoms with van der Waals surface area (Å²) in [5.41, 5.74) is 37.6. The lowest BCUT2D eigenvalue weighted by molar-refractivity contribution is 0.955. The van der Waals surface area contributed by atoms with Crippen molar-refractivity contribution in [3.8, 4) is 147 Å². The van der Waals surface area contributed by atoms with Crippen molar-refractivity contribution in [2.24, 2.45) is 0 Å². The van der Waals surface area contributed by atoms with Crippen LogP contribution in [0.2, 0.25) is 0 Å². The average molecular weight is 1910 g/mol. The van der Waals surface area contributed by atoms with Crippen LogP contribution in [0, 0.1) is 0 Å². The monoisotopic (exact) mass is 1910 g/mol. The lowest BCUT2D eigenvalue weighted by Crippen LogP contribution is -2.07. The lowest BCUT2D eigenvalue weighted by atomic mass is 9.92. The van der Waals surface area contributed by atoms with Crippen LogP contribution in [0.15, 0.2) is 492 Å². The largest absolute Gasteiger partial charge is 0.309 e. The summed E-state index contributed by atoms with van der Waals surface area (Å²) in [4.78, 5) is 36.3. The molecule has 13 nitrogen and oxygen atoms in total. The van der Waals surface area contributed by atoms with Crippen LogP contribution in [0.25, 0.3) is 310 Å². The summed E-state index contributed by atoms with van der Waals surface area (Å²) in [6.07, 6.45) is 3.67. The molecule has 34 rings (SSSR count). The van der Waals surface area contributed by atoms with Crippen LogP contribution in [-0.2, 0) is 0 Å². The molecule has 0 saturated heterocycles. The van der Waals surface area contributed by atoms with Crippen molar-refractivity contribution < 1.29 is 0 Å². The molecule has 0 N–H and O–H groups in total. The number of hydrogen-bond acceptors (Lipinski definition) is 7. The van der Waals surface area contributed by atoms with Crippen molar-refractivity contribution in [2.75, 3.05) is 0 Å². The van der Waals surface area contributed by atoms with Crippen molar-refractivity contribution in [3.05, 3.63) is 492 Å². The average Bonchev–Trinajstić information content (AvgIpc) is 1.52. The molecule has 9 heterocycles. The standard InChI is InChI=1S/C50H30N4.C49H29N5.C38H22N4/c1-4-16-31(17-5-1)40-30-41(32-18-6-2-7-19-32)52-50(51-40)54-43-29-15-26-37-35-23-11-10-22-34(35)36-25-14-27-39-44(36)47(45(37)43)49(54)46-38-24-12-13-28-42(38)53(48(39)46)33-20-8-3-9-21-33;1-4-16-30(17-5-1)47-50-48(31-18-6-2-7-19-31)52-49(51-47)54-40-29-15-26-36-34-23-11-10-22-33(34)35-25-14-27-38-41(35)44(42(36)40)46(54)43-37-24-12-13-28-39(37)53(45(38)43)32-20-8-3-9-21-32;1-2-11-23(12-3-1)41-30-19-7-6-15-28(30)34-36(41)29-18-8-16-26-24-13-4-5-14-25(24)27-17-9-20-31-33(27)35(32(26)29)37(34)42(31)38-39-21-10-22-40-38/h1-30H;1-29H;1-22H. The van der Waals surface area contributed by atoms with Gasteiger partial charge in [0.2, 0.25) is 17.8 Å². The highest BCUT2D eigenvalue weighted by Gasteiger charge is 2.37. The zero-order chi connectivity index (χ0) is 98.0. The van der Waals surface area contributed by atoms with Gasteiger partial charge in [-0.05, 0) is 152 Å². The maximum atomic E-state index is 5.46. The summed E-state index contributed by atoms with van der Waals surface area (Å²) in [6.45, 7) is 0. The molecule has 0 radical (unpaired) electrons. The maximum Gasteiger partial charge on any atom is 0.238 e. The molecule has 0 atom stereocenters. The van der Waals surface area contributed by atoms with Crippen LogP contribution in [0.5, 0.6) is 0 Å². The van der Waals surface area contributed by atoms with E-state index in [0.717, 1.165) is 100 Å². The summed E-state index contributed by atoms with van der Waals surface area (Å²) in [5.74, 6) is 3.18. The van der Waals surface area contributed by atoms with Crippen molar-refractivity contribution in [1.82, 2.24) is 62.3 Å². The van der Waals surface area contributed by atoms with E-state index in [1.807, 2.05) is 54.9 Å². The SMILES string of the molecule is c1ccc(-c2cc(-c3ccccc3)nc(-n3c4cccc5c4c4c6c(cccc6c6c(c7ccccc7n6-c6ccccc6)c43)-c3ccccc3-5)n2)cc1.c1ccc(-c2nc(-c3ccccc3)nc(-n3c4cccc5c4c4c6c(cccc6c6c(c7ccccc7n6-c6ccccc6)c43)-c3ccccc3-5)n2)cc1.c1ccc(-n2c3ccccc3c3c2c2cccc4c2c2c5c(cccc5n(-c5ncccn5)c23)-c2ccccc2-4)cc1. The van der Waals surface area contributed by atoms with E-state index in [9.17, 15) is 0 Å². The van der Waals surface area contributed by atoms with Crippen LogP contribution in [0.1, 0.15) is 0 Å². The summed E-state index contributed by atoms with van der Waals surface area (Å²) < 4.78 is 14.3. The Morgan fingerprint density at radius 1 is 0.140 bits per heavy atom. The third-order valence-electron chi connectivity index (χ3n) is 31.3. The minimum atomic E-state index is 0.586. The van der Waals surface area contributed by atoms with Crippen LogP contribution < -0.4 is 0 Å². The molecule has 3 aliphatic rings. The Balaban J connectivity index is 0.000000100. The minimum absolute atomic E-state index is 0.586. The second kappa shape index (κ2) is 32.6. The van der Waals surface area contributed by atoms with Gasteiger partial charge in [0.05, 0.1) is 77.6 Å². The third-order valence-corrected chi connectivity index (χ3v) is 31.3. The minimum Gasteiger partial charge on any atom is -0.309 e. The van der Waals surface area contributed by atoms with E-state index in [-0.39, 0.29) is 0 Å². The second-order valence-electron chi connectivity index (χ2n) is 39.1. The van der Waals surface area contributed by atoms with Gasteiger partial charge in [0.1, 0.15) is 0 Å². The molecule has 694 valence electrons. The molecule has 0 spiro atoms. The van der Waals surface area contributed by atoms with Gasteiger partial charge in [0.25, 0.3) is 0 Å². The molecule has 0 aliphatic heterocycles. The number of para-hydroxylation sites is 6. The van der Waals surface area contributed by atoms with Gasteiger partial charge >= 0.3 is 0 Å². The number of hydrogen-bond donors (Lipinski definition) is 0. The fourth-order valence-electron chi connectivity index (χ4n) is 25.4. The molecule has 9 aromatic heterocycles. The van der Waals surface area contributed by atoms with Gasteiger partial charge in [-0.1, -0.05) is 394 Å². The van der Waals surface area contributed by atoms with E-state index in [1.165, 1.54) is 180 Å². The first-order chi connectivity index (χ1) is 74.6. The first-order valence-electron chi connectivity index (χ1n) is 51.0. The number of benzene rings is 22. The summed E-state index contributed by atoms with van der Waals surface area (Å²) in [6, 6.07) is 171. The maximum absolute atomic E-state index is 5.46. The van der Waals surface area contributed by atoms with Crippen LogP contribution in [-0.4, -0.2) is 62.3 Å². The Labute approximate surface area is 858 Å². The first kappa shape index (κ1) is 83.1. The molecule has 13 heteroatoms. The van der Waals surface area contributed by atoms with Crippen molar-refractivity contribution in [2.45, 2.75) is 0 Å². The topological polar surface area (TPSA) is 120 Å². The molecular weight excluding hydrogens is 1830 g/mol. The number of aromatic nitrogens is 13. The van der Waals surface area contributed by atoms with Crippen molar-refractivity contribution in [3.63, 3.8) is 0 Å². The predicted molar refractivity (Wildman–Crippen MR) is 617 cm³/mol. The van der Waals surface area contributed by atoms with E-state index in [4.69, 9.17) is 34.9 Å². The third kappa shape index (κ3) is 12.0. The van der Waals surface area contributed by atoms with Gasteiger partial charge < -0.3 is 13.7 Å². The molecule has 150 heavy (non-hydrogen) atoms. The normalized spacial score (nSPS) is 12.1. The summed E-state index contributed by atoms with van der Waals surface area (Å²) in [7, 11) is 0. The quantitative estimate of drug-likeness (QED) is 0.134. The lowest BCUT2D eigenvalue weighted by Gasteiger charge is -2.16. The zero-order valence-electron chi connectivity index (χ0n) is 80.6. The predicted octanol–water partition coefficient (Wildman–Crippen LogP) is 34.5. The smallest absolute Gasteiger partial charge is 0.238 e. The molecule has 0 unspecified atom stereocenters. The molecule has 31 aromatic rings. The summed E-state index contributed by atoms with van der Waals surface area (Å²) >= 11 is 0. The van der Waals surface area contributed by atoms with Gasteiger partial charge in [0, 0.05) is 149 Å². The van der Waals surface area contributed by atoms with Crippen molar-refractivity contribution in [1.29, 1.82) is 0 Å². The fraction of sp³-hybridized carbons (Fsp3) is 0. The van der Waals surface area contributed by atoms with Gasteiger partial charge in [0.15, 0.2) is 11.6 Å². The highest BCUT2D eigenvalue weighted by atomic mass is 15.2. The Morgan fingerprint density at radius 2 is 0.380 bits per heavy atom. The zero-order valence-corrected chi connectivity index (χ0v) is 80.6. The molecule has 22 aromatic carbocycles. The Kier molecular flexibility index (Phi) is 18.0. The van der Waals surface area contributed by atoms with Gasteiger partial charge in [-0.3, -0.25) is 13.7 Å². The van der Waals surface area contributed by atoms with Crippen LogP contribution in [0.4, 0.5) is 0 Å². The van der Waals surface area contributed by atoms with E-state index >= 15 is 0 Å². The fourth-order valence-corrected chi connectivity index (χ4v) is 25.4. The van der Waals surface area contributed by atoms with Crippen LogP contribution in [0.3, 0.4) is 0 Å². The Morgan fingerprint density at radius 3 is 0.700 bits per heavy atom. The number of nitrogens with zero attached hydrogens (tertiary/aromatic N) is 13. The molecule has 0 saturated carbocycles. The first-order valence-corrected chi connectivity index (χ1v) is 51.0. The number of fused-ring (bicyclic) bond motifs is 24. The Bertz CT molecular complexity index is 10600. The summed E-state index contributed by atoms with van der Waals surface area (Å²) in [5, 5.41) is 22.0. The second-order valence-corrected chi connectivity index (χ2v) is 39.1. The van der Waals surface area contributed by atoms with Crippen LogP contribution >= 0.6 is 0 Å². The van der Waals surface area contributed by atoms with E-state index in [1.54, 1.807) is 0 Å². The molecular formula is C137H81N13. The molecule has 0 fully saturated rings. The van der Waals surface area contributed by atoms with Gasteiger partial charge in [-0.2, -0.15) is 9.97 Å². The molecule has 3 aliphatic carbocycles. The van der Waals surface area contributed by atoms with Gasteiger partial charge in [-0.25, -0.2) is 24.9 Å².